The minimum Gasteiger partial charge on any atom is -0.457 e. The summed E-state index contributed by atoms with van der Waals surface area (Å²) in [6.45, 7) is 5.71. The van der Waals surface area contributed by atoms with Gasteiger partial charge in [0.15, 0.2) is 0 Å². The van der Waals surface area contributed by atoms with E-state index in [2.05, 4.69) is 13.8 Å². The highest BCUT2D eigenvalue weighted by molar-refractivity contribution is 7.47. The van der Waals surface area contributed by atoms with Crippen molar-refractivity contribution in [3.8, 4) is 0 Å². The van der Waals surface area contributed by atoms with Crippen LogP contribution in [0, 0.1) is 0 Å². The van der Waals surface area contributed by atoms with Crippen LogP contribution in [0.1, 0.15) is 284 Å². The van der Waals surface area contributed by atoms with Crippen molar-refractivity contribution in [3.63, 3.8) is 0 Å². The summed E-state index contributed by atoms with van der Waals surface area (Å²) in [5.74, 6) is -0.303. The summed E-state index contributed by atoms with van der Waals surface area (Å²) in [5.41, 5.74) is 0. The number of carbonyl (C=O) groups is 1. The SMILES string of the molecule is CCCCCCCCCCCCCCCCCCCCCCCCCCCC(=O)OC(COCCCCCCCCCCCCCCCCCC)COP(=O)(O)OCC[N+](C)(C)C. The van der Waals surface area contributed by atoms with Crippen LogP contribution >= 0.6 is 7.82 Å². The maximum Gasteiger partial charge on any atom is 0.472 e. The van der Waals surface area contributed by atoms with Crippen LogP contribution in [0.3, 0.4) is 0 Å². The summed E-state index contributed by atoms with van der Waals surface area (Å²) in [4.78, 5) is 23.0. The molecular weight excluding hydrogens is 806 g/mol. The van der Waals surface area contributed by atoms with Crippen molar-refractivity contribution >= 4 is 13.8 Å². The number of carbonyl (C=O) groups excluding carboxylic acids is 1. The minimum atomic E-state index is -4.27. The van der Waals surface area contributed by atoms with Crippen molar-refractivity contribution in [1.29, 1.82) is 0 Å². The molecule has 2 atom stereocenters. The molecule has 0 spiro atoms. The van der Waals surface area contributed by atoms with E-state index in [4.69, 9.17) is 18.5 Å². The first-order valence-electron chi connectivity index (χ1n) is 27.8. The number of hydrogen-bond donors (Lipinski definition) is 1. The lowest BCUT2D eigenvalue weighted by Gasteiger charge is -2.24. The van der Waals surface area contributed by atoms with Gasteiger partial charge in [0.1, 0.15) is 19.3 Å². The van der Waals surface area contributed by atoms with E-state index in [1.807, 2.05) is 21.1 Å². The van der Waals surface area contributed by atoms with Crippen molar-refractivity contribution in [2.45, 2.75) is 290 Å². The fraction of sp³-hybridized carbons (Fsp3) is 0.981. The molecule has 8 nitrogen and oxygen atoms in total. The van der Waals surface area contributed by atoms with Crippen LogP contribution in [0.4, 0.5) is 0 Å². The van der Waals surface area contributed by atoms with E-state index < -0.39 is 13.9 Å². The zero-order valence-corrected chi connectivity index (χ0v) is 44.0. The monoisotopic (exact) mass is 917 g/mol. The molecule has 1 N–H and O–H groups in total. The highest BCUT2D eigenvalue weighted by Crippen LogP contribution is 2.43. The van der Waals surface area contributed by atoms with E-state index in [-0.39, 0.29) is 25.8 Å². The number of nitrogens with zero attached hydrogens (tertiary/aromatic N) is 1. The molecule has 0 radical (unpaired) electrons. The van der Waals surface area contributed by atoms with Gasteiger partial charge in [-0.1, -0.05) is 264 Å². The topological polar surface area (TPSA) is 91.3 Å². The summed E-state index contributed by atoms with van der Waals surface area (Å²) in [5, 5.41) is 0. The van der Waals surface area contributed by atoms with Crippen LogP contribution in [0.5, 0.6) is 0 Å². The van der Waals surface area contributed by atoms with E-state index in [9.17, 15) is 14.3 Å². The molecule has 9 heteroatoms. The maximum absolute atomic E-state index is 12.8. The summed E-state index contributed by atoms with van der Waals surface area (Å²) >= 11 is 0. The van der Waals surface area contributed by atoms with Crippen LogP contribution in [-0.2, 0) is 27.9 Å². The lowest BCUT2D eigenvalue weighted by atomic mass is 10.0. The molecule has 63 heavy (non-hydrogen) atoms. The third-order valence-electron chi connectivity index (χ3n) is 12.7. The van der Waals surface area contributed by atoms with Gasteiger partial charge in [0.05, 0.1) is 34.4 Å². The van der Waals surface area contributed by atoms with Gasteiger partial charge >= 0.3 is 13.8 Å². The fourth-order valence-electron chi connectivity index (χ4n) is 8.38. The van der Waals surface area contributed by atoms with Gasteiger partial charge in [0.2, 0.25) is 0 Å². The molecule has 0 aliphatic heterocycles. The Morgan fingerprint density at radius 1 is 0.429 bits per heavy atom. The predicted molar refractivity (Wildman–Crippen MR) is 271 cm³/mol. The molecule has 0 aromatic rings. The normalized spacial score (nSPS) is 13.4. The van der Waals surface area contributed by atoms with E-state index in [0.29, 0.717) is 24.1 Å². The molecule has 0 aromatic heterocycles. The molecule has 0 saturated carbocycles. The number of ether oxygens (including phenoxy) is 2. The quantitative estimate of drug-likeness (QED) is 0.0281. The molecular formula is C54H111NO7P+. The van der Waals surface area contributed by atoms with Gasteiger partial charge < -0.3 is 18.9 Å². The van der Waals surface area contributed by atoms with Gasteiger partial charge in [0, 0.05) is 13.0 Å². The van der Waals surface area contributed by atoms with Crippen LogP contribution in [-0.4, -0.2) is 75.6 Å². The summed E-state index contributed by atoms with van der Waals surface area (Å²) in [6, 6.07) is 0. The van der Waals surface area contributed by atoms with E-state index in [1.54, 1.807) is 0 Å². The third-order valence-corrected chi connectivity index (χ3v) is 13.7. The molecule has 0 rings (SSSR count). The highest BCUT2D eigenvalue weighted by Gasteiger charge is 2.26. The first kappa shape index (κ1) is 62.5. The Bertz CT molecular complexity index is 976. The Balaban J connectivity index is 4.00. The van der Waals surface area contributed by atoms with Crippen molar-refractivity contribution in [2.75, 3.05) is 54.1 Å². The van der Waals surface area contributed by atoms with Crippen LogP contribution in [0.15, 0.2) is 0 Å². The lowest BCUT2D eigenvalue weighted by Crippen LogP contribution is -2.37. The zero-order valence-electron chi connectivity index (χ0n) is 43.1. The van der Waals surface area contributed by atoms with E-state index in [0.717, 1.165) is 32.1 Å². The minimum absolute atomic E-state index is 0.0943. The number of phosphoric ester groups is 1. The molecule has 2 unspecified atom stereocenters. The van der Waals surface area contributed by atoms with Gasteiger partial charge in [-0.25, -0.2) is 4.57 Å². The Kier molecular flexibility index (Phi) is 47.6. The van der Waals surface area contributed by atoms with Gasteiger partial charge in [-0.05, 0) is 12.8 Å². The van der Waals surface area contributed by atoms with Crippen LogP contribution in [0.25, 0.3) is 0 Å². The zero-order chi connectivity index (χ0) is 46.2. The molecule has 378 valence electrons. The number of quaternary nitrogens is 1. The first-order valence-corrected chi connectivity index (χ1v) is 29.3. The lowest BCUT2D eigenvalue weighted by molar-refractivity contribution is -0.870. The van der Waals surface area contributed by atoms with E-state index >= 15 is 0 Å². The molecule has 0 fully saturated rings. The van der Waals surface area contributed by atoms with Crippen molar-refractivity contribution in [1.82, 2.24) is 0 Å². The number of phosphoric acid groups is 1. The average Bonchev–Trinajstić information content (AvgIpc) is 3.24. The molecule has 0 bridgehead atoms. The van der Waals surface area contributed by atoms with Gasteiger partial charge in [-0.2, -0.15) is 0 Å². The Labute approximate surface area is 393 Å². The predicted octanol–water partition coefficient (Wildman–Crippen LogP) is 17.2. The van der Waals surface area contributed by atoms with Crippen molar-refractivity contribution < 1.29 is 37.3 Å². The highest BCUT2D eigenvalue weighted by atomic mass is 31.2. The molecule has 0 aliphatic rings. The van der Waals surface area contributed by atoms with Crippen molar-refractivity contribution in [3.05, 3.63) is 0 Å². The van der Waals surface area contributed by atoms with Gasteiger partial charge in [-0.15, -0.1) is 0 Å². The van der Waals surface area contributed by atoms with Crippen LogP contribution in [0.2, 0.25) is 0 Å². The second-order valence-electron chi connectivity index (χ2n) is 20.3. The third kappa shape index (κ3) is 52.3. The largest absolute Gasteiger partial charge is 0.472 e. The number of unbranched alkanes of at least 4 members (excludes halogenated alkanes) is 39. The standard InChI is InChI=1S/C54H110NO7P/c1-6-8-10-12-14-16-18-20-22-24-25-26-27-28-29-30-31-32-33-35-37-39-41-43-45-47-54(56)62-53(52-61-63(57,58)60-50-48-55(3,4)5)51-59-49-46-44-42-40-38-36-34-23-21-19-17-15-13-11-9-7-2/h53H,6-52H2,1-5H3/p+1. The number of rotatable bonds is 53. The summed E-state index contributed by atoms with van der Waals surface area (Å²) < 4.78 is 35.2. The van der Waals surface area contributed by atoms with Gasteiger partial charge in [-0.3, -0.25) is 13.8 Å². The Hall–Kier alpha value is -0.500. The maximum atomic E-state index is 12.8. The van der Waals surface area contributed by atoms with E-state index in [1.165, 1.54) is 231 Å². The number of likely N-dealkylation sites (N-methyl/N-ethyl adjacent to an activating group) is 1. The summed E-state index contributed by atoms with van der Waals surface area (Å²) in [6.07, 6.45) is 54.5. The number of esters is 1. The Morgan fingerprint density at radius 3 is 1.05 bits per heavy atom. The van der Waals surface area contributed by atoms with Gasteiger partial charge in [0.25, 0.3) is 0 Å². The fourth-order valence-corrected chi connectivity index (χ4v) is 9.12. The Morgan fingerprint density at radius 2 is 0.730 bits per heavy atom. The molecule has 0 saturated heterocycles. The second-order valence-corrected chi connectivity index (χ2v) is 21.8. The summed E-state index contributed by atoms with van der Waals surface area (Å²) in [7, 11) is 1.69. The second kappa shape index (κ2) is 48.0. The molecule has 0 aliphatic carbocycles. The number of hydrogen-bond acceptors (Lipinski definition) is 6. The van der Waals surface area contributed by atoms with Crippen molar-refractivity contribution in [2.24, 2.45) is 0 Å². The molecule has 0 heterocycles. The first-order chi connectivity index (χ1) is 30.6. The molecule has 0 aromatic carbocycles. The average molecular weight is 917 g/mol. The molecule has 0 amide bonds. The smallest absolute Gasteiger partial charge is 0.457 e. The van der Waals surface area contributed by atoms with Crippen LogP contribution < -0.4 is 0 Å².